The molecule has 2 aliphatic rings. The van der Waals surface area contributed by atoms with Gasteiger partial charge in [-0.3, -0.25) is 4.79 Å². The number of hydrogen-bond donors (Lipinski definition) is 9. The highest BCUT2D eigenvalue weighted by Crippen LogP contribution is 2.30. The fourth-order valence-electron chi connectivity index (χ4n) is 9.97. The van der Waals surface area contributed by atoms with Crippen molar-refractivity contribution in [1.29, 1.82) is 0 Å². The summed E-state index contributed by atoms with van der Waals surface area (Å²) in [5, 5.41) is 87.0. The summed E-state index contributed by atoms with van der Waals surface area (Å²) in [6.45, 7) is 2.74. The summed E-state index contributed by atoms with van der Waals surface area (Å²) in [6, 6.07) is -0.940. The topological polar surface area (TPSA) is 228 Å². The van der Waals surface area contributed by atoms with Gasteiger partial charge in [-0.05, 0) is 57.8 Å². The third-order valence-electron chi connectivity index (χ3n) is 15.0. The largest absolute Gasteiger partial charge is 0.394 e. The first-order valence-corrected chi connectivity index (χ1v) is 30.9. The molecule has 0 spiro atoms. The number of rotatable bonds is 49. The first-order valence-electron chi connectivity index (χ1n) is 30.9. The van der Waals surface area contributed by atoms with E-state index in [1.807, 2.05) is 6.08 Å². The average Bonchev–Trinajstić information content (AvgIpc) is 3.42. The smallest absolute Gasteiger partial charge is 0.220 e. The van der Waals surface area contributed by atoms with Gasteiger partial charge in [0.05, 0.1) is 32.0 Å². The molecule has 2 rings (SSSR count). The maximum atomic E-state index is 13.2. The monoisotopic (exact) mass is 1080 g/mol. The Morgan fingerprint density at radius 1 is 0.474 bits per heavy atom. The summed E-state index contributed by atoms with van der Waals surface area (Å²) in [4.78, 5) is 13.2. The molecule has 12 atom stereocenters. The number of amides is 1. The Morgan fingerprint density at radius 3 is 1.41 bits per heavy atom. The van der Waals surface area contributed by atoms with Crippen LogP contribution < -0.4 is 5.32 Å². The van der Waals surface area contributed by atoms with Gasteiger partial charge in [0.2, 0.25) is 5.91 Å². The molecule has 9 N–H and O–H groups in total. The van der Waals surface area contributed by atoms with Gasteiger partial charge in [-0.15, -0.1) is 0 Å². The maximum Gasteiger partial charge on any atom is 0.220 e. The van der Waals surface area contributed by atoms with Crippen molar-refractivity contribution in [2.75, 3.05) is 19.8 Å². The van der Waals surface area contributed by atoms with E-state index in [2.05, 4.69) is 55.6 Å². The fraction of sp³-hybridized carbons (Fsp3) is 0.855. The van der Waals surface area contributed by atoms with E-state index >= 15 is 0 Å². The molecule has 2 saturated heterocycles. The number of carbonyl (C=O) groups is 1. The van der Waals surface area contributed by atoms with Crippen molar-refractivity contribution >= 4 is 5.91 Å². The Labute approximate surface area is 461 Å². The van der Waals surface area contributed by atoms with Gasteiger partial charge in [-0.25, -0.2) is 0 Å². The van der Waals surface area contributed by atoms with Gasteiger partial charge < -0.3 is 65.1 Å². The van der Waals surface area contributed by atoms with E-state index in [4.69, 9.17) is 18.9 Å². The first-order chi connectivity index (χ1) is 37.1. The number of aliphatic hydroxyl groups is 8. The highest BCUT2D eigenvalue weighted by atomic mass is 16.7. The van der Waals surface area contributed by atoms with Crippen LogP contribution in [0, 0.1) is 0 Å². The highest BCUT2D eigenvalue weighted by Gasteiger charge is 2.51. The highest BCUT2D eigenvalue weighted by molar-refractivity contribution is 5.76. The minimum absolute atomic E-state index is 0.256. The number of aliphatic hydroxyl groups excluding tert-OH is 8. The van der Waals surface area contributed by atoms with Crippen LogP contribution in [-0.4, -0.2) is 140 Å². The number of allylic oxidation sites excluding steroid dienone is 7. The van der Waals surface area contributed by atoms with E-state index in [9.17, 15) is 45.6 Å². The summed E-state index contributed by atoms with van der Waals surface area (Å²) in [5.74, 6) is -0.263. The maximum absolute atomic E-state index is 13.2. The van der Waals surface area contributed by atoms with Gasteiger partial charge in [0.15, 0.2) is 12.6 Å². The number of hydrogen-bond acceptors (Lipinski definition) is 13. The van der Waals surface area contributed by atoms with Crippen molar-refractivity contribution < 1.29 is 64.6 Å². The lowest BCUT2D eigenvalue weighted by molar-refractivity contribution is -0.359. The molecule has 14 heteroatoms. The lowest BCUT2D eigenvalue weighted by atomic mass is 9.97. The SMILES string of the molecule is CCCC/C=C\C/C=C\CCCCCCCC(=O)NC(COC1OC(CO)C(OC2OC(CO)C(O)C(O)C2O)C(O)C1O)C(O)/C=C/CC/C=C/CCCCCCCCCCCCCCCCCCCCCCCC. The van der Waals surface area contributed by atoms with Gasteiger partial charge in [0, 0.05) is 6.42 Å². The minimum atomic E-state index is -1.79. The summed E-state index contributed by atoms with van der Waals surface area (Å²) in [5.41, 5.74) is 0. The van der Waals surface area contributed by atoms with Crippen LogP contribution in [0.25, 0.3) is 0 Å². The molecule has 0 bridgehead atoms. The Kier molecular flexibility index (Phi) is 44.0. The second-order valence-corrected chi connectivity index (χ2v) is 21.8. The van der Waals surface area contributed by atoms with Crippen molar-refractivity contribution in [3.63, 3.8) is 0 Å². The predicted octanol–water partition coefficient (Wildman–Crippen LogP) is 10.8. The Hall–Kier alpha value is -2.05. The quantitative estimate of drug-likeness (QED) is 0.0204. The summed E-state index contributed by atoms with van der Waals surface area (Å²) < 4.78 is 22.7. The fourth-order valence-corrected chi connectivity index (χ4v) is 9.97. The third-order valence-corrected chi connectivity index (χ3v) is 15.0. The number of carbonyl (C=O) groups excluding carboxylic acids is 1. The van der Waals surface area contributed by atoms with Crippen molar-refractivity contribution in [1.82, 2.24) is 5.32 Å². The van der Waals surface area contributed by atoms with Crippen molar-refractivity contribution in [3.8, 4) is 0 Å². The van der Waals surface area contributed by atoms with E-state index in [1.54, 1.807) is 6.08 Å². The van der Waals surface area contributed by atoms with Crippen LogP contribution in [0.3, 0.4) is 0 Å². The van der Waals surface area contributed by atoms with E-state index in [-0.39, 0.29) is 18.9 Å². The molecule has 2 heterocycles. The van der Waals surface area contributed by atoms with Crippen LogP contribution in [0.4, 0.5) is 0 Å². The van der Waals surface area contributed by atoms with Crippen LogP contribution in [0.1, 0.15) is 245 Å². The molecule has 0 radical (unpaired) electrons. The van der Waals surface area contributed by atoms with E-state index in [1.165, 1.54) is 154 Å². The Bertz CT molecular complexity index is 1460. The summed E-state index contributed by atoms with van der Waals surface area (Å²) >= 11 is 0. The number of nitrogens with one attached hydrogen (secondary N) is 1. The molecule has 2 fully saturated rings. The average molecular weight is 1080 g/mol. The zero-order valence-electron chi connectivity index (χ0n) is 47.7. The van der Waals surface area contributed by atoms with Crippen LogP contribution in [0.15, 0.2) is 48.6 Å². The lowest BCUT2D eigenvalue weighted by Crippen LogP contribution is -2.65. The molecule has 2 aliphatic heterocycles. The predicted molar refractivity (Wildman–Crippen MR) is 304 cm³/mol. The molecule has 0 aromatic carbocycles. The Morgan fingerprint density at radius 2 is 0.895 bits per heavy atom. The van der Waals surface area contributed by atoms with Crippen LogP contribution in [-0.2, 0) is 23.7 Å². The summed E-state index contributed by atoms with van der Waals surface area (Å²) in [6.07, 6.45) is 43.1. The molecular formula is C62H113NO13. The standard InChI is InChI=1S/C62H113NO13/c1-3-5-7-9-11-13-15-17-19-20-21-22-23-24-25-26-27-28-29-30-31-32-33-35-37-39-41-43-45-51(66)50(63-54(67)46-44-42-40-38-36-34-18-16-14-12-10-8-6-4-2)49-73-61-59(72)57(70)60(53(48-65)75-61)76-62-58(71)56(69)55(68)52(47-64)74-62/h10,12,16,18,35,37,43,45,50-53,55-62,64-66,68-72H,3-9,11,13-15,17,19-34,36,38-42,44,46-49H2,1-2H3,(H,63,67)/b12-10-,18-16-,37-35+,45-43+. The van der Waals surface area contributed by atoms with Gasteiger partial charge in [0.1, 0.15) is 48.8 Å². The van der Waals surface area contributed by atoms with E-state index < -0.39 is 86.8 Å². The zero-order valence-corrected chi connectivity index (χ0v) is 47.7. The second kappa shape index (κ2) is 47.7. The molecule has 444 valence electrons. The van der Waals surface area contributed by atoms with E-state index in [0.717, 1.165) is 57.8 Å². The first kappa shape index (κ1) is 70.1. The molecule has 0 saturated carbocycles. The van der Waals surface area contributed by atoms with E-state index in [0.29, 0.717) is 12.8 Å². The van der Waals surface area contributed by atoms with Crippen molar-refractivity contribution in [3.05, 3.63) is 48.6 Å². The van der Waals surface area contributed by atoms with Gasteiger partial charge in [-0.2, -0.15) is 0 Å². The van der Waals surface area contributed by atoms with Crippen LogP contribution in [0.2, 0.25) is 0 Å². The molecule has 0 aromatic rings. The molecule has 14 nitrogen and oxygen atoms in total. The molecule has 0 aromatic heterocycles. The molecule has 0 aliphatic carbocycles. The normalized spacial score (nSPS) is 25.2. The molecule has 76 heavy (non-hydrogen) atoms. The van der Waals surface area contributed by atoms with Crippen LogP contribution >= 0.6 is 0 Å². The van der Waals surface area contributed by atoms with Gasteiger partial charge >= 0.3 is 0 Å². The molecule has 12 unspecified atom stereocenters. The van der Waals surface area contributed by atoms with Crippen LogP contribution in [0.5, 0.6) is 0 Å². The lowest BCUT2D eigenvalue weighted by Gasteiger charge is -2.46. The second-order valence-electron chi connectivity index (χ2n) is 21.8. The van der Waals surface area contributed by atoms with Crippen molar-refractivity contribution in [2.45, 2.75) is 319 Å². The number of unbranched alkanes of at least 4 members (excludes halogenated alkanes) is 30. The Balaban J connectivity index is 1.73. The zero-order chi connectivity index (χ0) is 55.3. The third kappa shape index (κ3) is 32.9. The van der Waals surface area contributed by atoms with Gasteiger partial charge in [-0.1, -0.05) is 229 Å². The molecular weight excluding hydrogens is 967 g/mol. The summed E-state index contributed by atoms with van der Waals surface area (Å²) in [7, 11) is 0. The van der Waals surface area contributed by atoms with Crippen molar-refractivity contribution in [2.24, 2.45) is 0 Å². The van der Waals surface area contributed by atoms with Gasteiger partial charge in [0.25, 0.3) is 0 Å². The minimum Gasteiger partial charge on any atom is -0.394 e. The molecule has 1 amide bonds. The number of ether oxygens (including phenoxy) is 4.